The van der Waals surface area contributed by atoms with Crippen LogP contribution < -0.4 is 5.32 Å². The lowest BCUT2D eigenvalue weighted by atomic mass is 10.2. The van der Waals surface area contributed by atoms with E-state index in [0.717, 1.165) is 29.6 Å². The van der Waals surface area contributed by atoms with Crippen LogP contribution in [0.25, 0.3) is 0 Å². The van der Waals surface area contributed by atoms with E-state index in [4.69, 9.17) is 0 Å². The molecule has 0 bridgehead atoms. The van der Waals surface area contributed by atoms with E-state index in [9.17, 15) is 0 Å². The summed E-state index contributed by atoms with van der Waals surface area (Å²) in [7, 11) is 0. The molecule has 0 atom stereocenters. The van der Waals surface area contributed by atoms with Crippen LogP contribution in [0.5, 0.6) is 0 Å². The fourth-order valence-electron chi connectivity index (χ4n) is 1.88. The number of benzene rings is 1. The lowest BCUT2D eigenvalue weighted by Crippen LogP contribution is -2.06. The topological polar surface area (TPSA) is 37.8 Å². The average molecular weight is 301 g/mol. The van der Waals surface area contributed by atoms with Gasteiger partial charge in [0.25, 0.3) is 0 Å². The van der Waals surface area contributed by atoms with Crippen molar-refractivity contribution in [2.45, 2.75) is 50.0 Å². The molecule has 21 heavy (non-hydrogen) atoms. The predicted octanol–water partition coefficient (Wildman–Crippen LogP) is 4.88. The molecule has 1 N–H and O–H groups in total. The monoisotopic (exact) mass is 301 g/mol. The Bertz CT molecular complexity index is 596. The maximum absolute atomic E-state index is 4.69. The van der Waals surface area contributed by atoms with Crippen molar-refractivity contribution in [1.29, 1.82) is 0 Å². The molecule has 1 aromatic heterocycles. The molecule has 1 aromatic carbocycles. The minimum Gasteiger partial charge on any atom is -0.370 e. The molecule has 0 amide bonds. The molecular formula is C17H23N3S. The SMILES string of the molecule is CCCNc1cc(Sc2ccccc2C)nc(C(C)C)n1. The Hall–Kier alpha value is -1.55. The normalized spacial score (nSPS) is 10.9. The molecule has 2 rings (SSSR count). The molecule has 0 spiro atoms. The Morgan fingerprint density at radius 1 is 1.19 bits per heavy atom. The van der Waals surface area contributed by atoms with E-state index in [-0.39, 0.29) is 0 Å². The molecule has 0 fully saturated rings. The van der Waals surface area contributed by atoms with Crippen LogP contribution in [0.3, 0.4) is 0 Å². The second-order valence-corrected chi connectivity index (χ2v) is 6.46. The van der Waals surface area contributed by atoms with Crippen LogP contribution >= 0.6 is 11.8 Å². The Kier molecular flexibility index (Phi) is 5.62. The number of aryl methyl sites for hydroxylation is 1. The Morgan fingerprint density at radius 3 is 2.62 bits per heavy atom. The van der Waals surface area contributed by atoms with E-state index in [0.29, 0.717) is 5.92 Å². The van der Waals surface area contributed by atoms with E-state index >= 15 is 0 Å². The summed E-state index contributed by atoms with van der Waals surface area (Å²) in [5, 5.41) is 4.37. The zero-order valence-electron chi connectivity index (χ0n) is 13.2. The number of hydrogen-bond donors (Lipinski definition) is 1. The smallest absolute Gasteiger partial charge is 0.134 e. The first-order valence-corrected chi connectivity index (χ1v) is 8.28. The van der Waals surface area contributed by atoms with Gasteiger partial charge in [0.2, 0.25) is 0 Å². The van der Waals surface area contributed by atoms with E-state index in [2.05, 4.69) is 67.2 Å². The fourth-order valence-corrected chi connectivity index (χ4v) is 2.79. The third kappa shape index (κ3) is 4.46. The Balaban J connectivity index is 2.29. The molecule has 3 nitrogen and oxygen atoms in total. The molecule has 0 radical (unpaired) electrons. The lowest BCUT2D eigenvalue weighted by molar-refractivity contribution is 0.753. The number of rotatable bonds is 6. The van der Waals surface area contributed by atoms with Crippen molar-refractivity contribution in [3.8, 4) is 0 Å². The quantitative estimate of drug-likeness (QED) is 0.772. The summed E-state index contributed by atoms with van der Waals surface area (Å²) in [6.45, 7) is 9.47. The van der Waals surface area contributed by atoms with Gasteiger partial charge in [0.05, 0.1) is 0 Å². The number of nitrogens with zero attached hydrogens (tertiary/aromatic N) is 2. The summed E-state index contributed by atoms with van der Waals surface area (Å²) in [6.07, 6.45) is 1.08. The molecule has 1 heterocycles. The fraction of sp³-hybridized carbons (Fsp3) is 0.412. The van der Waals surface area contributed by atoms with Gasteiger partial charge in [-0.15, -0.1) is 0 Å². The van der Waals surface area contributed by atoms with Gasteiger partial charge in [0.15, 0.2) is 0 Å². The first kappa shape index (κ1) is 15.8. The molecule has 2 aromatic rings. The molecular weight excluding hydrogens is 278 g/mol. The molecule has 0 aliphatic carbocycles. The van der Waals surface area contributed by atoms with Crippen molar-refractivity contribution in [2.24, 2.45) is 0 Å². The van der Waals surface area contributed by atoms with E-state index in [1.807, 2.05) is 6.07 Å². The molecule has 0 saturated heterocycles. The van der Waals surface area contributed by atoms with Gasteiger partial charge >= 0.3 is 0 Å². The summed E-state index contributed by atoms with van der Waals surface area (Å²) < 4.78 is 0. The second-order valence-electron chi connectivity index (χ2n) is 5.40. The number of nitrogens with one attached hydrogen (secondary N) is 1. The lowest BCUT2D eigenvalue weighted by Gasteiger charge is -2.11. The van der Waals surface area contributed by atoms with Crippen molar-refractivity contribution in [3.05, 3.63) is 41.7 Å². The molecule has 0 saturated carbocycles. The van der Waals surface area contributed by atoms with Gasteiger partial charge < -0.3 is 5.32 Å². The highest BCUT2D eigenvalue weighted by Crippen LogP contribution is 2.30. The van der Waals surface area contributed by atoms with Crippen LogP contribution in [-0.4, -0.2) is 16.5 Å². The molecule has 112 valence electrons. The number of hydrogen-bond acceptors (Lipinski definition) is 4. The van der Waals surface area contributed by atoms with Crippen molar-refractivity contribution in [1.82, 2.24) is 9.97 Å². The van der Waals surface area contributed by atoms with Crippen LogP contribution in [0, 0.1) is 6.92 Å². The Labute approximate surface area is 131 Å². The highest BCUT2D eigenvalue weighted by molar-refractivity contribution is 7.99. The van der Waals surface area contributed by atoms with Crippen LogP contribution in [0.15, 0.2) is 40.3 Å². The second kappa shape index (κ2) is 7.46. The van der Waals surface area contributed by atoms with E-state index in [1.165, 1.54) is 10.5 Å². The molecule has 0 aliphatic rings. The zero-order chi connectivity index (χ0) is 15.2. The number of aromatic nitrogens is 2. The minimum atomic E-state index is 0.324. The highest BCUT2D eigenvalue weighted by atomic mass is 32.2. The zero-order valence-corrected chi connectivity index (χ0v) is 14.0. The maximum atomic E-state index is 4.69. The predicted molar refractivity (Wildman–Crippen MR) is 90.2 cm³/mol. The van der Waals surface area contributed by atoms with Gasteiger partial charge in [-0.05, 0) is 25.0 Å². The third-order valence-corrected chi connectivity index (χ3v) is 4.20. The standard InChI is InChI=1S/C17H23N3S/c1-5-10-18-15-11-16(20-17(19-15)12(2)3)21-14-9-7-6-8-13(14)4/h6-9,11-12H,5,10H2,1-4H3,(H,18,19,20). The molecule has 4 heteroatoms. The first-order valence-electron chi connectivity index (χ1n) is 7.46. The largest absolute Gasteiger partial charge is 0.370 e. The Morgan fingerprint density at radius 2 is 1.95 bits per heavy atom. The van der Waals surface area contributed by atoms with E-state index < -0.39 is 0 Å². The van der Waals surface area contributed by atoms with E-state index in [1.54, 1.807) is 11.8 Å². The average Bonchev–Trinajstić information content (AvgIpc) is 2.47. The van der Waals surface area contributed by atoms with Crippen molar-refractivity contribution in [3.63, 3.8) is 0 Å². The van der Waals surface area contributed by atoms with Gasteiger partial charge in [-0.25, -0.2) is 9.97 Å². The van der Waals surface area contributed by atoms with Gasteiger partial charge in [0.1, 0.15) is 16.7 Å². The van der Waals surface area contributed by atoms with Crippen molar-refractivity contribution in [2.75, 3.05) is 11.9 Å². The van der Waals surface area contributed by atoms with Crippen LogP contribution in [0.2, 0.25) is 0 Å². The van der Waals surface area contributed by atoms with Gasteiger partial charge in [-0.1, -0.05) is 50.7 Å². The molecule has 0 unspecified atom stereocenters. The minimum absolute atomic E-state index is 0.324. The summed E-state index contributed by atoms with van der Waals surface area (Å²) in [4.78, 5) is 10.5. The highest BCUT2D eigenvalue weighted by Gasteiger charge is 2.10. The summed E-state index contributed by atoms with van der Waals surface area (Å²) in [6, 6.07) is 10.4. The van der Waals surface area contributed by atoms with Crippen molar-refractivity contribution >= 4 is 17.6 Å². The van der Waals surface area contributed by atoms with Crippen LogP contribution in [0.1, 0.15) is 44.5 Å². The van der Waals surface area contributed by atoms with Gasteiger partial charge in [0, 0.05) is 23.4 Å². The molecule has 0 aliphatic heterocycles. The first-order chi connectivity index (χ1) is 10.1. The summed E-state index contributed by atoms with van der Waals surface area (Å²) in [5.41, 5.74) is 1.27. The van der Waals surface area contributed by atoms with Crippen LogP contribution in [-0.2, 0) is 0 Å². The van der Waals surface area contributed by atoms with Gasteiger partial charge in [-0.3, -0.25) is 0 Å². The van der Waals surface area contributed by atoms with Crippen LogP contribution in [0.4, 0.5) is 5.82 Å². The summed E-state index contributed by atoms with van der Waals surface area (Å²) >= 11 is 1.70. The maximum Gasteiger partial charge on any atom is 0.134 e. The van der Waals surface area contributed by atoms with Crippen molar-refractivity contribution < 1.29 is 0 Å². The third-order valence-electron chi connectivity index (χ3n) is 3.10. The number of anilines is 1. The van der Waals surface area contributed by atoms with Gasteiger partial charge in [-0.2, -0.15) is 0 Å². The summed E-state index contributed by atoms with van der Waals surface area (Å²) in [5.74, 6) is 2.14.